The van der Waals surface area contributed by atoms with Crippen molar-refractivity contribution >= 4 is 43.7 Å². The van der Waals surface area contributed by atoms with Gasteiger partial charge in [0, 0.05) is 23.8 Å². The van der Waals surface area contributed by atoms with E-state index in [-0.39, 0.29) is 31.4 Å². The first-order valence-corrected chi connectivity index (χ1v) is 9.43. The van der Waals surface area contributed by atoms with Gasteiger partial charge in [0.1, 0.15) is 6.54 Å². The Morgan fingerprint density at radius 2 is 1.85 bits per heavy atom. The first kappa shape index (κ1) is 19.2. The molecule has 3 aromatic rings. The van der Waals surface area contributed by atoms with Crippen molar-refractivity contribution in [2.24, 2.45) is 0 Å². The van der Waals surface area contributed by atoms with Gasteiger partial charge >= 0.3 is 11.8 Å². The molecule has 2 heterocycles. The van der Waals surface area contributed by atoms with Crippen LogP contribution in [0.4, 0.5) is 0 Å². The van der Waals surface area contributed by atoms with E-state index in [2.05, 4.69) is 57.7 Å². The fraction of sp³-hybridized carbons (Fsp3) is 0.188. The van der Waals surface area contributed by atoms with Crippen LogP contribution in [0.25, 0.3) is 0 Å². The Morgan fingerprint density at radius 1 is 1.11 bits per heavy atom. The molecule has 3 rings (SSSR count). The van der Waals surface area contributed by atoms with E-state index in [0.29, 0.717) is 15.9 Å². The van der Waals surface area contributed by atoms with Crippen LogP contribution in [0, 0.1) is 0 Å². The summed E-state index contributed by atoms with van der Waals surface area (Å²) in [6.07, 6.45) is 3.39. The van der Waals surface area contributed by atoms with Gasteiger partial charge in [0.25, 0.3) is 5.91 Å². The van der Waals surface area contributed by atoms with Crippen molar-refractivity contribution in [3.8, 4) is 0 Å². The van der Waals surface area contributed by atoms with Gasteiger partial charge < -0.3 is 15.2 Å². The summed E-state index contributed by atoms with van der Waals surface area (Å²) in [6.45, 7) is 0.761. The van der Waals surface area contributed by atoms with E-state index in [9.17, 15) is 9.59 Å². The second-order valence-corrected chi connectivity index (χ2v) is 7.13. The molecule has 0 saturated heterocycles. The first-order valence-electron chi connectivity index (χ1n) is 7.84. The number of hydrogen-bond donors (Lipinski definition) is 2. The molecule has 0 atom stereocenters. The zero-order valence-corrected chi connectivity index (χ0v) is 17.0. The molecule has 2 N–H and O–H groups in total. The van der Waals surface area contributed by atoms with Gasteiger partial charge in [-0.25, -0.2) is 0 Å². The van der Waals surface area contributed by atoms with Gasteiger partial charge in [0.05, 0.1) is 16.2 Å². The average Bonchev–Trinajstić information content (AvgIpc) is 3.28. The number of hydrogen-bond acceptors (Lipinski definition) is 6. The standard InChI is InChI=1S/C16H14Br2N6O3/c17-10-7-21-24(8-10)9-13-22-16(27-23-13)15(26)20-6-5-19-14(25)11-3-1-2-4-12(11)18/h1-4,7-8H,5-6,9H2,(H,19,25)(H,20,26). The third kappa shape index (κ3) is 5.23. The lowest BCUT2D eigenvalue weighted by molar-refractivity contribution is 0.0898. The van der Waals surface area contributed by atoms with Crippen LogP contribution in [0.5, 0.6) is 0 Å². The van der Waals surface area contributed by atoms with Crippen LogP contribution in [0.2, 0.25) is 0 Å². The topological polar surface area (TPSA) is 115 Å². The number of nitrogens with one attached hydrogen (secondary N) is 2. The predicted octanol–water partition coefficient (Wildman–Crippen LogP) is 2.00. The fourth-order valence-electron chi connectivity index (χ4n) is 2.15. The molecular formula is C16H14Br2N6O3. The third-order valence-electron chi connectivity index (χ3n) is 3.38. The highest BCUT2D eigenvalue weighted by Crippen LogP contribution is 2.15. The Labute approximate surface area is 170 Å². The third-order valence-corrected chi connectivity index (χ3v) is 4.48. The highest BCUT2D eigenvalue weighted by molar-refractivity contribution is 9.10. The molecule has 0 fully saturated rings. The number of carbonyl (C=O) groups excluding carboxylic acids is 2. The summed E-state index contributed by atoms with van der Waals surface area (Å²) in [5, 5.41) is 13.2. The summed E-state index contributed by atoms with van der Waals surface area (Å²) in [5.41, 5.74) is 0.524. The van der Waals surface area contributed by atoms with Gasteiger partial charge in [0.15, 0.2) is 5.82 Å². The molecule has 2 amide bonds. The summed E-state index contributed by atoms with van der Waals surface area (Å²) in [5.74, 6) is -0.556. The van der Waals surface area contributed by atoms with Gasteiger partial charge in [0.2, 0.25) is 0 Å². The summed E-state index contributed by atoms with van der Waals surface area (Å²) in [7, 11) is 0. The van der Waals surface area contributed by atoms with Crippen molar-refractivity contribution < 1.29 is 14.1 Å². The van der Waals surface area contributed by atoms with Crippen LogP contribution in [0.3, 0.4) is 0 Å². The molecule has 11 heteroatoms. The average molecular weight is 498 g/mol. The Bertz CT molecular complexity index is 955. The highest BCUT2D eigenvalue weighted by Gasteiger charge is 2.15. The number of rotatable bonds is 7. The Hall–Kier alpha value is -2.53. The Morgan fingerprint density at radius 3 is 2.56 bits per heavy atom. The van der Waals surface area contributed by atoms with Crippen LogP contribution in [-0.4, -0.2) is 44.8 Å². The number of benzene rings is 1. The van der Waals surface area contributed by atoms with Crippen LogP contribution in [0.1, 0.15) is 26.9 Å². The van der Waals surface area contributed by atoms with Crippen LogP contribution in [0.15, 0.2) is 50.1 Å². The molecule has 9 nitrogen and oxygen atoms in total. The zero-order chi connectivity index (χ0) is 19.2. The van der Waals surface area contributed by atoms with Crippen molar-refractivity contribution in [1.29, 1.82) is 0 Å². The molecule has 0 aliphatic rings. The summed E-state index contributed by atoms with van der Waals surface area (Å²) in [4.78, 5) is 28.1. The Balaban J connectivity index is 1.44. The minimum absolute atomic E-state index is 0.145. The minimum atomic E-state index is -0.509. The molecule has 0 unspecified atom stereocenters. The van der Waals surface area contributed by atoms with E-state index in [4.69, 9.17) is 4.52 Å². The second-order valence-electron chi connectivity index (χ2n) is 5.36. The number of nitrogens with zero attached hydrogens (tertiary/aromatic N) is 4. The van der Waals surface area contributed by atoms with Crippen LogP contribution in [-0.2, 0) is 6.54 Å². The minimum Gasteiger partial charge on any atom is -0.350 e. The van der Waals surface area contributed by atoms with Gasteiger partial charge in [-0.2, -0.15) is 10.1 Å². The van der Waals surface area contributed by atoms with Gasteiger partial charge in [-0.1, -0.05) is 17.3 Å². The van der Waals surface area contributed by atoms with E-state index in [1.807, 2.05) is 6.07 Å². The lowest BCUT2D eigenvalue weighted by Gasteiger charge is -2.07. The highest BCUT2D eigenvalue weighted by atomic mass is 79.9. The van der Waals surface area contributed by atoms with Gasteiger partial charge in [-0.3, -0.25) is 14.3 Å². The first-order chi connectivity index (χ1) is 13.0. The quantitative estimate of drug-likeness (QED) is 0.482. The Kier molecular flexibility index (Phi) is 6.35. The number of amides is 2. The maximum Gasteiger partial charge on any atom is 0.316 e. The van der Waals surface area contributed by atoms with Crippen molar-refractivity contribution in [3.05, 3.63) is 62.9 Å². The van der Waals surface area contributed by atoms with Crippen LogP contribution < -0.4 is 10.6 Å². The fourth-order valence-corrected chi connectivity index (χ4v) is 2.94. The SMILES string of the molecule is O=C(NCCNC(=O)c1ccccc1Br)c1nc(Cn2cc(Br)cn2)no1. The number of halogens is 2. The number of aromatic nitrogens is 4. The van der Waals surface area contributed by atoms with E-state index >= 15 is 0 Å². The largest absolute Gasteiger partial charge is 0.350 e. The zero-order valence-electron chi connectivity index (χ0n) is 13.9. The van der Waals surface area contributed by atoms with E-state index in [1.165, 1.54) is 0 Å². The van der Waals surface area contributed by atoms with Crippen molar-refractivity contribution in [2.45, 2.75) is 6.54 Å². The van der Waals surface area contributed by atoms with Crippen molar-refractivity contribution in [2.75, 3.05) is 13.1 Å². The predicted molar refractivity (Wildman–Crippen MR) is 102 cm³/mol. The molecule has 2 aromatic heterocycles. The van der Waals surface area contributed by atoms with Crippen molar-refractivity contribution in [1.82, 2.24) is 30.6 Å². The number of carbonyl (C=O) groups is 2. The molecule has 0 aliphatic carbocycles. The summed E-state index contributed by atoms with van der Waals surface area (Å²) >= 11 is 6.61. The monoisotopic (exact) mass is 496 g/mol. The molecule has 27 heavy (non-hydrogen) atoms. The molecule has 0 spiro atoms. The van der Waals surface area contributed by atoms with Gasteiger partial charge in [-0.15, -0.1) is 0 Å². The normalized spacial score (nSPS) is 10.6. The lowest BCUT2D eigenvalue weighted by atomic mass is 10.2. The van der Waals surface area contributed by atoms with E-state index < -0.39 is 5.91 Å². The van der Waals surface area contributed by atoms with Crippen LogP contribution >= 0.6 is 31.9 Å². The van der Waals surface area contributed by atoms with Gasteiger partial charge in [-0.05, 0) is 44.0 Å². The van der Waals surface area contributed by atoms with E-state index in [0.717, 1.165) is 4.47 Å². The van der Waals surface area contributed by atoms with Crippen molar-refractivity contribution in [3.63, 3.8) is 0 Å². The molecule has 1 aromatic carbocycles. The molecule has 0 aliphatic heterocycles. The second kappa shape index (κ2) is 8.91. The maximum absolute atomic E-state index is 12.1. The molecule has 140 valence electrons. The van der Waals surface area contributed by atoms with E-state index in [1.54, 1.807) is 35.3 Å². The molecule has 0 radical (unpaired) electrons. The molecule has 0 saturated carbocycles. The lowest BCUT2D eigenvalue weighted by Crippen LogP contribution is -2.35. The maximum atomic E-state index is 12.1. The summed E-state index contributed by atoms with van der Waals surface area (Å²) in [6, 6.07) is 7.09. The molecular weight excluding hydrogens is 484 g/mol. The summed E-state index contributed by atoms with van der Waals surface area (Å²) < 4.78 is 8.08. The molecule has 0 bridgehead atoms. The smallest absolute Gasteiger partial charge is 0.316 e.